The maximum absolute atomic E-state index is 14.4. The Morgan fingerprint density at radius 3 is 3.00 bits per heavy atom. The van der Waals surface area contributed by atoms with Gasteiger partial charge in [0.25, 0.3) is 5.91 Å². The highest BCUT2D eigenvalue weighted by Gasteiger charge is 2.30. The molecule has 0 spiro atoms. The number of nitrogens with one attached hydrogen (secondary N) is 1. The first-order chi connectivity index (χ1) is 14.8. The topological polar surface area (TPSA) is 95.1 Å². The molecule has 1 aromatic carbocycles. The van der Waals surface area contributed by atoms with Crippen LogP contribution in [0.4, 0.5) is 14.5 Å². The van der Waals surface area contributed by atoms with E-state index in [0.29, 0.717) is 40.4 Å². The number of hydrogen-bond acceptors (Lipinski definition) is 6. The lowest BCUT2D eigenvalue weighted by atomic mass is 10.0. The molecule has 3 N–H and O–H groups in total. The molecule has 0 unspecified atom stereocenters. The molecule has 164 valence electrons. The van der Waals surface area contributed by atoms with Crippen molar-refractivity contribution in [1.29, 1.82) is 0 Å². The predicted octanol–water partition coefficient (Wildman–Crippen LogP) is 3.76. The van der Waals surface area contributed by atoms with E-state index in [9.17, 15) is 13.6 Å². The van der Waals surface area contributed by atoms with Crippen molar-refractivity contribution in [3.05, 3.63) is 52.5 Å². The van der Waals surface area contributed by atoms with Crippen molar-refractivity contribution in [2.45, 2.75) is 38.1 Å². The van der Waals surface area contributed by atoms with Crippen LogP contribution in [0.3, 0.4) is 0 Å². The van der Waals surface area contributed by atoms with Gasteiger partial charge in [0, 0.05) is 24.0 Å². The zero-order valence-electron chi connectivity index (χ0n) is 17.1. The highest BCUT2D eigenvalue weighted by atomic mass is 32.1. The maximum atomic E-state index is 14.4. The average Bonchev–Trinajstić information content (AvgIpc) is 3.33. The molecular formula is C21H23F2N5O2S. The fourth-order valence-electron chi connectivity index (χ4n) is 3.58. The molecule has 7 nitrogen and oxygen atoms in total. The van der Waals surface area contributed by atoms with Crippen molar-refractivity contribution < 1.29 is 18.3 Å². The number of anilines is 1. The first-order valence-corrected chi connectivity index (χ1v) is 10.8. The summed E-state index contributed by atoms with van der Waals surface area (Å²) in [5.74, 6) is -0.799. The van der Waals surface area contributed by atoms with Crippen LogP contribution in [0.1, 0.15) is 40.7 Å². The molecule has 0 saturated carbocycles. The minimum atomic E-state index is -1.23. The van der Waals surface area contributed by atoms with Crippen molar-refractivity contribution in [1.82, 2.24) is 14.8 Å². The van der Waals surface area contributed by atoms with E-state index in [1.54, 1.807) is 42.2 Å². The number of rotatable bonds is 4. The van der Waals surface area contributed by atoms with E-state index in [-0.39, 0.29) is 18.1 Å². The number of aryl methyl sites for hydroxylation is 2. The van der Waals surface area contributed by atoms with Gasteiger partial charge in [-0.1, -0.05) is 12.1 Å². The number of carbonyl (C=O) groups is 1. The number of nitrogens with two attached hydrogens (primary N) is 1. The molecule has 1 amide bonds. The Hall–Kier alpha value is -2.69. The molecule has 3 heterocycles. The third-order valence-electron chi connectivity index (χ3n) is 5.38. The van der Waals surface area contributed by atoms with E-state index in [2.05, 4.69) is 15.4 Å². The van der Waals surface area contributed by atoms with Crippen molar-refractivity contribution in [3.63, 3.8) is 0 Å². The Kier molecular flexibility index (Phi) is 6.12. The highest BCUT2D eigenvalue weighted by molar-refractivity contribution is 7.13. The van der Waals surface area contributed by atoms with Crippen LogP contribution in [0.15, 0.2) is 29.8 Å². The Labute approximate surface area is 182 Å². The Morgan fingerprint density at radius 2 is 2.19 bits per heavy atom. The number of thiazole rings is 1. The fraction of sp³-hybridized carbons (Fsp3) is 0.381. The van der Waals surface area contributed by atoms with Crippen LogP contribution in [0.25, 0.3) is 10.6 Å². The van der Waals surface area contributed by atoms with Gasteiger partial charge in [0.15, 0.2) is 0 Å². The molecule has 1 saturated heterocycles. The van der Waals surface area contributed by atoms with E-state index in [1.807, 2.05) is 0 Å². The van der Waals surface area contributed by atoms with Gasteiger partial charge in [-0.25, -0.2) is 13.8 Å². The van der Waals surface area contributed by atoms with E-state index < -0.39 is 24.2 Å². The number of hydrogen-bond donors (Lipinski definition) is 2. The Morgan fingerprint density at radius 1 is 1.39 bits per heavy atom. The summed E-state index contributed by atoms with van der Waals surface area (Å²) < 4.78 is 35.6. The fourth-order valence-corrected chi connectivity index (χ4v) is 4.40. The molecule has 0 bridgehead atoms. The second-order valence-corrected chi connectivity index (χ2v) is 8.43. The standard InChI is InChI=1S/C21H23F2N5O2S/c1-11-4-3-5-12(18(11)23)21-27-16(10-31-21)20(29)26-15-8-25-28(2)19(15)17-7-6-14(24)13(22)9-30-17/h3-5,8,10,13-14,17H,6-7,9,24H2,1-2H3,(H,26,29)/t13-,14-,17+/m1/s1. The molecule has 4 rings (SSSR count). The lowest BCUT2D eigenvalue weighted by Crippen LogP contribution is -2.32. The molecule has 10 heteroatoms. The van der Waals surface area contributed by atoms with Crippen LogP contribution < -0.4 is 11.1 Å². The summed E-state index contributed by atoms with van der Waals surface area (Å²) in [6.45, 7) is 1.57. The lowest BCUT2D eigenvalue weighted by Gasteiger charge is -2.17. The zero-order chi connectivity index (χ0) is 22.1. The highest BCUT2D eigenvalue weighted by Crippen LogP contribution is 2.33. The first kappa shape index (κ1) is 21.5. The normalized spacial score (nSPS) is 21.6. The van der Waals surface area contributed by atoms with Crippen LogP contribution in [-0.2, 0) is 11.8 Å². The van der Waals surface area contributed by atoms with E-state index in [1.165, 1.54) is 17.5 Å². The number of carbonyl (C=O) groups excluding carboxylic acids is 1. The number of amides is 1. The lowest BCUT2D eigenvalue weighted by molar-refractivity contribution is 0.0247. The number of halogens is 2. The summed E-state index contributed by atoms with van der Waals surface area (Å²) in [4.78, 5) is 17.1. The summed E-state index contributed by atoms with van der Waals surface area (Å²) in [6, 6.07) is 4.48. The SMILES string of the molecule is Cc1cccc(-c2nc(C(=O)Nc3cnn(C)c3[C@@H]3CC[C@@H](N)[C@H](F)CO3)cs2)c1F. The average molecular weight is 448 g/mol. The van der Waals surface area contributed by atoms with Crippen LogP contribution in [-0.4, -0.2) is 39.5 Å². The molecule has 31 heavy (non-hydrogen) atoms. The molecule has 1 aliphatic heterocycles. The van der Waals surface area contributed by atoms with Gasteiger partial charge in [-0.05, 0) is 31.4 Å². The number of alkyl halides is 1. The largest absolute Gasteiger partial charge is 0.369 e. The summed E-state index contributed by atoms with van der Waals surface area (Å²) in [5.41, 5.74) is 7.95. The van der Waals surface area contributed by atoms with Crippen molar-refractivity contribution >= 4 is 22.9 Å². The van der Waals surface area contributed by atoms with Crippen molar-refractivity contribution in [3.8, 4) is 10.6 Å². The van der Waals surface area contributed by atoms with Gasteiger partial charge in [0.05, 0.1) is 24.2 Å². The van der Waals surface area contributed by atoms with Crippen LogP contribution in [0, 0.1) is 12.7 Å². The third-order valence-corrected chi connectivity index (χ3v) is 6.26. The van der Waals surface area contributed by atoms with Crippen LogP contribution >= 0.6 is 11.3 Å². The van der Waals surface area contributed by atoms with Crippen molar-refractivity contribution in [2.75, 3.05) is 11.9 Å². The van der Waals surface area contributed by atoms with E-state index in [4.69, 9.17) is 10.5 Å². The summed E-state index contributed by atoms with van der Waals surface area (Å²) >= 11 is 1.19. The van der Waals surface area contributed by atoms with Crippen LogP contribution in [0.5, 0.6) is 0 Å². The second-order valence-electron chi connectivity index (χ2n) is 7.57. The molecule has 0 radical (unpaired) electrons. The number of ether oxygens (including phenoxy) is 1. The number of nitrogens with zero attached hydrogens (tertiary/aromatic N) is 3. The number of aromatic nitrogens is 3. The minimum absolute atomic E-state index is 0.109. The quantitative estimate of drug-likeness (QED) is 0.635. The van der Waals surface area contributed by atoms with Gasteiger partial charge >= 0.3 is 0 Å². The molecule has 1 fully saturated rings. The van der Waals surface area contributed by atoms with Crippen molar-refractivity contribution in [2.24, 2.45) is 12.8 Å². The van der Waals surface area contributed by atoms with Gasteiger partial charge in [0.1, 0.15) is 28.8 Å². The van der Waals surface area contributed by atoms with E-state index in [0.717, 1.165) is 0 Å². The molecule has 3 atom stereocenters. The molecule has 1 aliphatic rings. The first-order valence-electron chi connectivity index (χ1n) is 9.90. The molecular weight excluding hydrogens is 424 g/mol. The van der Waals surface area contributed by atoms with Crippen LogP contribution in [0.2, 0.25) is 0 Å². The Balaban J connectivity index is 1.54. The van der Waals surface area contributed by atoms with Gasteiger partial charge in [-0.2, -0.15) is 5.10 Å². The summed E-state index contributed by atoms with van der Waals surface area (Å²) in [7, 11) is 1.73. The van der Waals surface area contributed by atoms with E-state index >= 15 is 0 Å². The number of benzene rings is 1. The van der Waals surface area contributed by atoms with Gasteiger partial charge in [-0.15, -0.1) is 11.3 Å². The summed E-state index contributed by atoms with van der Waals surface area (Å²) in [5, 5.41) is 9.02. The third kappa shape index (κ3) is 4.36. The monoisotopic (exact) mass is 447 g/mol. The molecule has 0 aliphatic carbocycles. The minimum Gasteiger partial charge on any atom is -0.369 e. The van der Waals surface area contributed by atoms with Gasteiger partial charge < -0.3 is 15.8 Å². The Bertz CT molecular complexity index is 1090. The zero-order valence-corrected chi connectivity index (χ0v) is 18.0. The van der Waals surface area contributed by atoms with Gasteiger partial charge in [0.2, 0.25) is 0 Å². The maximum Gasteiger partial charge on any atom is 0.275 e. The molecule has 3 aromatic rings. The molecule has 2 aromatic heterocycles. The predicted molar refractivity (Wildman–Crippen MR) is 114 cm³/mol. The van der Waals surface area contributed by atoms with Gasteiger partial charge in [-0.3, -0.25) is 9.48 Å². The second kappa shape index (κ2) is 8.81. The summed E-state index contributed by atoms with van der Waals surface area (Å²) in [6.07, 6.45) is 0.815. The smallest absolute Gasteiger partial charge is 0.275 e.